The molecule has 0 saturated heterocycles. The van der Waals surface area contributed by atoms with Crippen LogP contribution in [-0.2, 0) is 6.54 Å². The minimum Gasteiger partial charge on any atom is -0.355 e. The van der Waals surface area contributed by atoms with Gasteiger partial charge in [-0.25, -0.2) is 0 Å². The quantitative estimate of drug-likeness (QED) is 0.291. The fourth-order valence-corrected chi connectivity index (χ4v) is 4.46. The monoisotopic (exact) mass is 442 g/mol. The summed E-state index contributed by atoms with van der Waals surface area (Å²) in [5, 5.41) is 9.46. The zero-order valence-electron chi connectivity index (χ0n) is 17.3. The number of allylic oxidation sites excluding steroid dienone is 1. The molecule has 1 aromatic carbocycles. The Morgan fingerprint density at radius 1 is 1.27 bits per heavy atom. The molecule has 0 spiro atoms. The molecular weight excluding hydrogens is 420 g/mol. The molecule has 0 fully saturated rings. The van der Waals surface area contributed by atoms with E-state index in [0.29, 0.717) is 45.1 Å². The molecule has 0 amide bonds. The number of hydrogen-bond donors (Lipinski definition) is 1. The predicted molar refractivity (Wildman–Crippen MR) is 121 cm³/mol. The molecule has 1 N–H and O–H groups in total. The van der Waals surface area contributed by atoms with Crippen LogP contribution < -0.4 is 0 Å². The molecular formula is C22H23ClN4O2S. The van der Waals surface area contributed by atoms with Gasteiger partial charge in [-0.05, 0) is 57.5 Å². The molecule has 156 valence electrons. The Balaban J connectivity index is 1.90. The van der Waals surface area contributed by atoms with E-state index in [4.69, 9.17) is 11.6 Å². The van der Waals surface area contributed by atoms with E-state index in [1.54, 1.807) is 32.1 Å². The van der Waals surface area contributed by atoms with Gasteiger partial charge in [0.15, 0.2) is 22.5 Å². The van der Waals surface area contributed by atoms with E-state index in [2.05, 4.69) is 21.8 Å². The van der Waals surface area contributed by atoms with Gasteiger partial charge in [-0.3, -0.25) is 14.2 Å². The lowest BCUT2D eigenvalue weighted by atomic mass is 10.0. The summed E-state index contributed by atoms with van der Waals surface area (Å²) in [6, 6.07) is 7.35. The number of carbonyl (C=O) groups excluding carboxylic acids is 2. The van der Waals surface area contributed by atoms with E-state index in [-0.39, 0.29) is 11.6 Å². The van der Waals surface area contributed by atoms with Crippen molar-refractivity contribution in [3.8, 4) is 11.4 Å². The van der Waals surface area contributed by atoms with E-state index < -0.39 is 5.25 Å². The Hall–Kier alpha value is -2.64. The molecule has 0 bridgehead atoms. The maximum absolute atomic E-state index is 13.1. The fraction of sp³-hybridized carbons (Fsp3) is 0.273. The van der Waals surface area contributed by atoms with Crippen LogP contribution in [0.4, 0.5) is 0 Å². The number of Topliss-reactive ketones (excluding diaryl/α,β-unsaturated/α-hetero) is 2. The molecule has 0 aliphatic heterocycles. The van der Waals surface area contributed by atoms with Gasteiger partial charge in [-0.2, -0.15) is 0 Å². The number of ketones is 2. The Morgan fingerprint density at radius 2 is 1.93 bits per heavy atom. The van der Waals surface area contributed by atoms with Gasteiger partial charge in [-0.1, -0.05) is 29.4 Å². The SMILES string of the molecule is C=CCn1c(SC(C)C(=O)c2[nH]c(C)c(C(C)=O)c2C)nnc1-c1ccc(Cl)cc1. The maximum atomic E-state index is 13.1. The third-order valence-electron chi connectivity index (χ3n) is 4.82. The summed E-state index contributed by atoms with van der Waals surface area (Å²) in [7, 11) is 0. The van der Waals surface area contributed by atoms with Gasteiger partial charge in [0, 0.05) is 28.4 Å². The molecule has 2 aromatic heterocycles. The van der Waals surface area contributed by atoms with E-state index >= 15 is 0 Å². The first-order chi connectivity index (χ1) is 14.2. The summed E-state index contributed by atoms with van der Waals surface area (Å²) < 4.78 is 1.92. The molecule has 2 heterocycles. The van der Waals surface area contributed by atoms with Gasteiger partial charge in [0.25, 0.3) is 0 Å². The lowest BCUT2D eigenvalue weighted by Gasteiger charge is -2.12. The van der Waals surface area contributed by atoms with Crippen LogP contribution in [0.25, 0.3) is 11.4 Å². The Morgan fingerprint density at radius 3 is 2.50 bits per heavy atom. The van der Waals surface area contributed by atoms with Gasteiger partial charge in [0.2, 0.25) is 0 Å². The average molecular weight is 443 g/mol. The zero-order chi connectivity index (χ0) is 22.0. The van der Waals surface area contributed by atoms with Crippen molar-refractivity contribution in [1.29, 1.82) is 0 Å². The van der Waals surface area contributed by atoms with E-state index in [0.717, 1.165) is 5.56 Å². The Bertz CT molecular complexity index is 1120. The number of thioether (sulfide) groups is 1. The molecule has 0 aliphatic rings. The number of nitrogens with zero attached hydrogens (tertiary/aromatic N) is 3. The van der Waals surface area contributed by atoms with Gasteiger partial charge in [0.1, 0.15) is 0 Å². The number of aromatic nitrogens is 4. The van der Waals surface area contributed by atoms with Crippen LogP contribution in [0.2, 0.25) is 5.02 Å². The number of hydrogen-bond acceptors (Lipinski definition) is 5. The van der Waals surface area contributed by atoms with Crippen LogP contribution in [0.15, 0.2) is 42.1 Å². The standard InChI is InChI=1S/C22H23ClN4O2S/c1-6-11-27-21(16-7-9-17(23)10-8-16)25-26-22(27)30-15(5)20(29)19-12(2)18(14(4)28)13(3)24-19/h6-10,15,24H,1,11H2,2-5H3. The highest BCUT2D eigenvalue weighted by atomic mass is 35.5. The molecule has 1 unspecified atom stereocenters. The third kappa shape index (κ3) is 4.27. The highest BCUT2D eigenvalue weighted by molar-refractivity contribution is 8.00. The average Bonchev–Trinajstić information content (AvgIpc) is 3.22. The highest BCUT2D eigenvalue weighted by Gasteiger charge is 2.26. The van der Waals surface area contributed by atoms with Crippen LogP contribution in [-0.4, -0.2) is 36.6 Å². The van der Waals surface area contributed by atoms with E-state index in [1.807, 2.05) is 23.6 Å². The van der Waals surface area contributed by atoms with Crippen LogP contribution in [0.5, 0.6) is 0 Å². The number of benzene rings is 1. The number of nitrogens with one attached hydrogen (secondary N) is 1. The maximum Gasteiger partial charge on any atom is 0.192 e. The van der Waals surface area contributed by atoms with Crippen molar-refractivity contribution in [2.75, 3.05) is 0 Å². The van der Waals surface area contributed by atoms with Crippen LogP contribution in [0, 0.1) is 13.8 Å². The molecule has 6 nitrogen and oxygen atoms in total. The number of rotatable bonds is 8. The van der Waals surface area contributed by atoms with Crippen LogP contribution in [0.1, 0.15) is 46.0 Å². The highest BCUT2D eigenvalue weighted by Crippen LogP contribution is 2.30. The first kappa shape index (κ1) is 22.1. The van der Waals surface area contributed by atoms with Crippen molar-refractivity contribution in [3.05, 3.63) is 64.5 Å². The van der Waals surface area contributed by atoms with E-state index in [1.165, 1.54) is 18.7 Å². The summed E-state index contributed by atoms with van der Waals surface area (Å²) in [5.74, 6) is 0.535. The summed E-state index contributed by atoms with van der Waals surface area (Å²) >= 11 is 7.31. The van der Waals surface area contributed by atoms with Crippen molar-refractivity contribution in [2.24, 2.45) is 0 Å². The number of aryl methyl sites for hydroxylation is 1. The first-order valence-electron chi connectivity index (χ1n) is 9.45. The molecule has 3 aromatic rings. The van der Waals surface area contributed by atoms with Gasteiger partial charge in [-0.15, -0.1) is 16.8 Å². The second-order valence-corrected chi connectivity index (χ2v) is 8.76. The number of H-pyrrole nitrogens is 1. The largest absolute Gasteiger partial charge is 0.355 e. The lowest BCUT2D eigenvalue weighted by molar-refractivity contribution is 0.0988. The number of aromatic amines is 1. The summed E-state index contributed by atoms with van der Waals surface area (Å²) in [6.07, 6.45) is 1.76. The Labute approximate surface area is 184 Å². The van der Waals surface area contributed by atoms with Crippen molar-refractivity contribution in [2.45, 2.75) is 44.6 Å². The van der Waals surface area contributed by atoms with Crippen molar-refractivity contribution >= 4 is 34.9 Å². The van der Waals surface area contributed by atoms with Crippen molar-refractivity contribution in [1.82, 2.24) is 19.7 Å². The molecule has 30 heavy (non-hydrogen) atoms. The third-order valence-corrected chi connectivity index (χ3v) is 6.15. The number of carbonyl (C=O) groups is 2. The van der Waals surface area contributed by atoms with E-state index in [9.17, 15) is 9.59 Å². The fourth-order valence-electron chi connectivity index (χ4n) is 3.42. The zero-order valence-corrected chi connectivity index (χ0v) is 18.9. The second-order valence-electron chi connectivity index (χ2n) is 7.02. The van der Waals surface area contributed by atoms with Crippen LogP contribution >= 0.6 is 23.4 Å². The van der Waals surface area contributed by atoms with Crippen LogP contribution in [0.3, 0.4) is 0 Å². The molecule has 0 saturated carbocycles. The minimum atomic E-state index is -0.424. The molecule has 0 aliphatic carbocycles. The molecule has 0 radical (unpaired) electrons. The molecule has 1 atom stereocenters. The number of halogens is 1. The normalized spacial score (nSPS) is 12.0. The first-order valence-corrected chi connectivity index (χ1v) is 10.7. The van der Waals surface area contributed by atoms with Gasteiger partial charge < -0.3 is 4.98 Å². The van der Waals surface area contributed by atoms with Gasteiger partial charge >= 0.3 is 0 Å². The van der Waals surface area contributed by atoms with Gasteiger partial charge in [0.05, 0.1) is 10.9 Å². The van der Waals surface area contributed by atoms with Crippen molar-refractivity contribution < 1.29 is 9.59 Å². The smallest absolute Gasteiger partial charge is 0.192 e. The van der Waals surface area contributed by atoms with Crippen molar-refractivity contribution in [3.63, 3.8) is 0 Å². The Kier molecular flexibility index (Phi) is 6.63. The summed E-state index contributed by atoms with van der Waals surface area (Å²) in [4.78, 5) is 28.1. The predicted octanol–water partition coefficient (Wildman–Crippen LogP) is 5.30. The second kappa shape index (κ2) is 9.02. The summed E-state index contributed by atoms with van der Waals surface area (Å²) in [6.45, 7) is 11.2. The summed E-state index contributed by atoms with van der Waals surface area (Å²) in [5.41, 5.74) is 3.31. The topological polar surface area (TPSA) is 80.6 Å². The minimum absolute atomic E-state index is 0.0565. The molecule has 8 heteroatoms. The molecule has 3 rings (SSSR count). The lowest BCUT2D eigenvalue weighted by Crippen LogP contribution is -2.16.